The number of para-hydroxylation sites is 1. The molecule has 0 N–H and O–H groups in total. The Morgan fingerprint density at radius 3 is 1.63 bits per heavy atom. The summed E-state index contributed by atoms with van der Waals surface area (Å²) in [5, 5.41) is 7.14. The largest absolute Gasteiger partial charge is 0.456 e. The van der Waals surface area contributed by atoms with Crippen LogP contribution in [0.5, 0.6) is 0 Å². The fraction of sp³-hybridized carbons (Fsp3) is 0. The molecule has 0 bridgehead atoms. The zero-order valence-corrected chi connectivity index (χ0v) is 35.3. The van der Waals surface area contributed by atoms with E-state index < -0.39 is 0 Å². The number of rotatable bonds is 6. The van der Waals surface area contributed by atoms with E-state index in [9.17, 15) is 0 Å². The second-order valence-corrected chi connectivity index (χ2v) is 18.1. The van der Waals surface area contributed by atoms with E-state index in [0.29, 0.717) is 17.5 Å². The van der Waals surface area contributed by atoms with Crippen LogP contribution in [0.15, 0.2) is 205 Å². The second-order valence-electron chi connectivity index (χ2n) is 15.9. The Balaban J connectivity index is 1.07. The van der Waals surface area contributed by atoms with Crippen molar-refractivity contribution in [2.75, 3.05) is 0 Å². The molecule has 13 aromatic rings. The predicted octanol–water partition coefficient (Wildman–Crippen LogP) is 16.5. The summed E-state index contributed by atoms with van der Waals surface area (Å²) in [5.74, 6) is 1.87. The van der Waals surface area contributed by atoms with Crippen LogP contribution in [0.1, 0.15) is 0 Å². The first kappa shape index (κ1) is 35.9. The van der Waals surface area contributed by atoms with Crippen molar-refractivity contribution in [3.8, 4) is 67.5 Å². The molecule has 6 heteroatoms. The number of benzene rings is 9. The predicted molar refractivity (Wildman–Crippen MR) is 265 cm³/mol. The van der Waals surface area contributed by atoms with Gasteiger partial charge in [-0.2, -0.15) is 0 Å². The molecular formula is C57H33N3OS2. The third-order valence-corrected chi connectivity index (χ3v) is 14.5. The maximum Gasteiger partial charge on any atom is 0.165 e. The highest BCUT2D eigenvalue weighted by Crippen LogP contribution is 2.43. The van der Waals surface area contributed by atoms with Crippen LogP contribution >= 0.6 is 22.7 Å². The Bertz CT molecular complexity index is 3800. The molecule has 0 saturated carbocycles. The SMILES string of the molecule is c1ccc(-c2ccccc2-c2nc(-c3cc(-c4ccc5oc6ccccc6c5c4)cc(-c4ccc5sc6ccccc6c5c4)c3)nc(-c3cccc4c3sc3ccccc34)n2)cc1. The van der Waals surface area contributed by atoms with Gasteiger partial charge in [0, 0.05) is 67.8 Å². The van der Waals surface area contributed by atoms with Gasteiger partial charge in [0.2, 0.25) is 0 Å². The molecule has 0 aliphatic rings. The van der Waals surface area contributed by atoms with Crippen molar-refractivity contribution in [2.45, 2.75) is 0 Å². The lowest BCUT2D eigenvalue weighted by Gasteiger charge is -2.14. The van der Waals surface area contributed by atoms with E-state index in [0.717, 1.165) is 76.7 Å². The molecule has 9 aromatic carbocycles. The number of hydrogen-bond acceptors (Lipinski definition) is 6. The summed E-state index contributed by atoms with van der Waals surface area (Å²) in [5.41, 5.74) is 11.1. The van der Waals surface area contributed by atoms with Crippen molar-refractivity contribution in [2.24, 2.45) is 0 Å². The smallest absolute Gasteiger partial charge is 0.165 e. The normalized spacial score (nSPS) is 11.8. The first-order chi connectivity index (χ1) is 31.2. The molecule has 0 atom stereocenters. The van der Waals surface area contributed by atoms with Crippen LogP contribution in [0.25, 0.3) is 130 Å². The molecule has 0 aliphatic heterocycles. The van der Waals surface area contributed by atoms with Crippen LogP contribution in [-0.2, 0) is 0 Å². The highest BCUT2D eigenvalue weighted by molar-refractivity contribution is 7.26. The molecule has 4 nitrogen and oxygen atoms in total. The van der Waals surface area contributed by atoms with E-state index in [4.69, 9.17) is 19.4 Å². The number of furan rings is 1. The first-order valence-electron chi connectivity index (χ1n) is 21.0. The van der Waals surface area contributed by atoms with E-state index >= 15 is 0 Å². The zero-order chi connectivity index (χ0) is 41.4. The Morgan fingerprint density at radius 2 is 0.825 bits per heavy atom. The average molecular weight is 840 g/mol. The second kappa shape index (κ2) is 14.4. The topological polar surface area (TPSA) is 51.8 Å². The lowest BCUT2D eigenvalue weighted by atomic mass is 9.94. The molecule has 63 heavy (non-hydrogen) atoms. The Hall–Kier alpha value is -7.77. The van der Waals surface area contributed by atoms with Crippen LogP contribution in [0.3, 0.4) is 0 Å². The molecule has 0 aliphatic carbocycles. The average Bonchev–Trinajstić information content (AvgIpc) is 4.05. The Kier molecular flexibility index (Phi) is 8.22. The molecular weight excluding hydrogens is 807 g/mol. The van der Waals surface area contributed by atoms with Gasteiger partial charge in [-0.15, -0.1) is 22.7 Å². The minimum absolute atomic E-state index is 0.607. The number of hydrogen-bond donors (Lipinski definition) is 0. The molecule has 4 aromatic heterocycles. The minimum Gasteiger partial charge on any atom is -0.456 e. The van der Waals surface area contributed by atoms with Crippen molar-refractivity contribution in [1.82, 2.24) is 15.0 Å². The monoisotopic (exact) mass is 839 g/mol. The van der Waals surface area contributed by atoms with Gasteiger partial charge in [0.25, 0.3) is 0 Å². The van der Waals surface area contributed by atoms with E-state index in [2.05, 4.69) is 182 Å². The molecule has 0 spiro atoms. The van der Waals surface area contributed by atoms with Crippen molar-refractivity contribution in [1.29, 1.82) is 0 Å². The van der Waals surface area contributed by atoms with Crippen LogP contribution in [0.4, 0.5) is 0 Å². The van der Waals surface area contributed by atoms with Gasteiger partial charge < -0.3 is 4.42 Å². The fourth-order valence-corrected chi connectivity index (χ4v) is 11.4. The van der Waals surface area contributed by atoms with Gasteiger partial charge in [0.05, 0.1) is 0 Å². The van der Waals surface area contributed by atoms with Crippen LogP contribution < -0.4 is 0 Å². The summed E-state index contributed by atoms with van der Waals surface area (Å²) in [4.78, 5) is 16.2. The molecule has 0 fully saturated rings. The standard InChI is InChI=1S/C57H33N3OS2/c1-2-13-34(14-3-1)40-15-4-5-19-45(40)56-58-55(59-57(60-56)46-21-12-20-44-42-17-7-11-24-52(42)63-54(44)46)39-30-37(35-25-27-50-47(32-35)41-16-6-9-22-49(41)61-50)29-38(31-39)36-26-28-53-48(33-36)43-18-8-10-23-51(43)62-53/h1-33H. The number of aromatic nitrogens is 3. The number of fused-ring (bicyclic) bond motifs is 9. The molecule has 294 valence electrons. The number of thiophene rings is 2. The van der Waals surface area contributed by atoms with Crippen molar-refractivity contribution >= 4 is 85.0 Å². The molecule has 0 unspecified atom stereocenters. The van der Waals surface area contributed by atoms with Gasteiger partial charge in [0.1, 0.15) is 11.2 Å². The van der Waals surface area contributed by atoms with E-state index in [1.807, 2.05) is 29.5 Å². The highest BCUT2D eigenvalue weighted by atomic mass is 32.1. The van der Waals surface area contributed by atoms with Gasteiger partial charge in [-0.1, -0.05) is 133 Å². The summed E-state index contributed by atoms with van der Waals surface area (Å²) in [7, 11) is 0. The van der Waals surface area contributed by atoms with Gasteiger partial charge >= 0.3 is 0 Å². The van der Waals surface area contributed by atoms with E-state index in [-0.39, 0.29) is 0 Å². The molecule has 0 radical (unpaired) electrons. The number of nitrogens with zero attached hydrogens (tertiary/aromatic N) is 3. The van der Waals surface area contributed by atoms with Crippen LogP contribution in [0, 0.1) is 0 Å². The Morgan fingerprint density at radius 1 is 0.286 bits per heavy atom. The molecule has 0 amide bonds. The molecule has 0 saturated heterocycles. The van der Waals surface area contributed by atoms with E-state index in [1.165, 1.54) is 35.6 Å². The lowest BCUT2D eigenvalue weighted by Crippen LogP contribution is -2.01. The molecule has 4 heterocycles. The summed E-state index contributed by atoms with van der Waals surface area (Å²) in [6.45, 7) is 0. The minimum atomic E-state index is 0.607. The van der Waals surface area contributed by atoms with Crippen LogP contribution in [0.2, 0.25) is 0 Å². The third-order valence-electron chi connectivity index (χ3n) is 12.1. The Labute approximate surface area is 370 Å². The summed E-state index contributed by atoms with van der Waals surface area (Å²) >= 11 is 3.62. The lowest BCUT2D eigenvalue weighted by molar-refractivity contribution is 0.669. The van der Waals surface area contributed by atoms with Gasteiger partial charge in [0.15, 0.2) is 17.5 Å². The van der Waals surface area contributed by atoms with Crippen molar-refractivity contribution < 1.29 is 4.42 Å². The quantitative estimate of drug-likeness (QED) is 0.167. The maximum atomic E-state index is 6.27. The van der Waals surface area contributed by atoms with Gasteiger partial charge in [-0.05, 0) is 100 Å². The van der Waals surface area contributed by atoms with Crippen molar-refractivity contribution in [3.63, 3.8) is 0 Å². The summed E-state index contributed by atoms with van der Waals surface area (Å²) < 4.78 is 11.2. The molecule has 13 rings (SSSR count). The van der Waals surface area contributed by atoms with Crippen LogP contribution in [-0.4, -0.2) is 15.0 Å². The zero-order valence-electron chi connectivity index (χ0n) is 33.6. The maximum absolute atomic E-state index is 6.27. The van der Waals surface area contributed by atoms with Crippen molar-refractivity contribution in [3.05, 3.63) is 200 Å². The summed E-state index contributed by atoms with van der Waals surface area (Å²) in [6.07, 6.45) is 0. The first-order valence-corrected chi connectivity index (χ1v) is 22.6. The fourth-order valence-electron chi connectivity index (χ4n) is 9.12. The van der Waals surface area contributed by atoms with Gasteiger partial charge in [-0.25, -0.2) is 15.0 Å². The van der Waals surface area contributed by atoms with Gasteiger partial charge in [-0.3, -0.25) is 0 Å². The van der Waals surface area contributed by atoms with E-state index in [1.54, 1.807) is 11.3 Å². The summed E-state index contributed by atoms with van der Waals surface area (Å²) in [6, 6.07) is 71.0. The third kappa shape index (κ3) is 6.06. The highest BCUT2D eigenvalue weighted by Gasteiger charge is 2.20.